The Balaban J connectivity index is 1.94. The van der Waals surface area contributed by atoms with Crippen LogP contribution in [-0.4, -0.2) is 41.3 Å². The third-order valence-electron chi connectivity index (χ3n) is 2.36. The van der Waals surface area contributed by atoms with Gasteiger partial charge in [-0.1, -0.05) is 0 Å². The highest BCUT2D eigenvalue weighted by atomic mass is 79.9. The molecule has 0 amide bonds. The molecular formula is C12H14BrN3O3S. The highest BCUT2D eigenvalue weighted by Gasteiger charge is 2.14. The summed E-state index contributed by atoms with van der Waals surface area (Å²) >= 11 is 4.91. The minimum Gasteiger partial charge on any atom is -0.465 e. The first-order valence-electron chi connectivity index (χ1n) is 6.00. The number of aromatic nitrogens is 2. The highest BCUT2D eigenvalue weighted by Crippen LogP contribution is 2.30. The van der Waals surface area contributed by atoms with Crippen molar-refractivity contribution in [3.8, 4) is 10.8 Å². The fraction of sp³-hybridized carbons (Fsp3) is 0.417. The molecule has 108 valence electrons. The standard InChI is InChI=1S/C12H14BrN3O3S/c1-3-18-11(17)7-16(2)6-10-14-15-12(19-10)8-4-5-9(13)20-8/h4-5H,3,6-7H2,1-2H3. The molecule has 2 aromatic heterocycles. The molecule has 0 saturated carbocycles. The van der Waals surface area contributed by atoms with E-state index in [9.17, 15) is 4.79 Å². The number of nitrogens with zero attached hydrogens (tertiary/aromatic N) is 3. The Morgan fingerprint density at radius 1 is 1.50 bits per heavy atom. The number of carbonyl (C=O) groups is 1. The quantitative estimate of drug-likeness (QED) is 0.738. The zero-order chi connectivity index (χ0) is 14.5. The lowest BCUT2D eigenvalue weighted by atomic mass is 10.5. The Morgan fingerprint density at radius 3 is 2.95 bits per heavy atom. The highest BCUT2D eigenvalue weighted by molar-refractivity contribution is 9.11. The maximum absolute atomic E-state index is 11.3. The lowest BCUT2D eigenvalue weighted by Gasteiger charge is -2.12. The normalized spacial score (nSPS) is 11.0. The minimum absolute atomic E-state index is 0.191. The van der Waals surface area contributed by atoms with Crippen LogP contribution in [0.15, 0.2) is 20.3 Å². The number of hydrogen-bond donors (Lipinski definition) is 0. The molecule has 6 nitrogen and oxygen atoms in total. The van der Waals surface area contributed by atoms with Gasteiger partial charge in [0.2, 0.25) is 5.89 Å². The van der Waals surface area contributed by atoms with E-state index in [2.05, 4.69) is 26.1 Å². The Hall–Kier alpha value is -1.25. The number of thiophene rings is 1. The molecule has 8 heteroatoms. The molecule has 0 spiro atoms. The smallest absolute Gasteiger partial charge is 0.320 e. The molecule has 0 aliphatic heterocycles. The summed E-state index contributed by atoms with van der Waals surface area (Å²) in [7, 11) is 1.79. The number of carbonyl (C=O) groups excluding carboxylic acids is 1. The van der Waals surface area contributed by atoms with E-state index in [-0.39, 0.29) is 12.5 Å². The van der Waals surface area contributed by atoms with Crippen molar-refractivity contribution in [2.45, 2.75) is 13.5 Å². The van der Waals surface area contributed by atoms with Crippen molar-refractivity contribution in [1.29, 1.82) is 0 Å². The molecule has 2 heterocycles. The second-order valence-corrected chi connectivity index (χ2v) is 6.55. The molecule has 0 unspecified atom stereocenters. The molecule has 0 aliphatic rings. The van der Waals surface area contributed by atoms with E-state index < -0.39 is 0 Å². The van der Waals surface area contributed by atoms with Gasteiger partial charge in [-0.15, -0.1) is 21.5 Å². The number of ether oxygens (including phenoxy) is 1. The largest absolute Gasteiger partial charge is 0.465 e. The Morgan fingerprint density at radius 2 is 2.30 bits per heavy atom. The van der Waals surface area contributed by atoms with E-state index in [0.29, 0.717) is 24.9 Å². The second-order valence-electron chi connectivity index (χ2n) is 4.08. The van der Waals surface area contributed by atoms with Crippen LogP contribution in [0.25, 0.3) is 10.8 Å². The summed E-state index contributed by atoms with van der Waals surface area (Å²) in [5.41, 5.74) is 0. The molecule has 0 atom stereocenters. The Kier molecular flexibility index (Phi) is 5.27. The molecule has 0 aliphatic carbocycles. The average molecular weight is 360 g/mol. The van der Waals surface area contributed by atoms with E-state index >= 15 is 0 Å². The maximum atomic E-state index is 11.3. The molecule has 2 aromatic rings. The maximum Gasteiger partial charge on any atom is 0.320 e. The van der Waals surface area contributed by atoms with Crippen LogP contribution in [0.3, 0.4) is 0 Å². The summed E-state index contributed by atoms with van der Waals surface area (Å²) in [4.78, 5) is 14.0. The number of esters is 1. The summed E-state index contributed by atoms with van der Waals surface area (Å²) < 4.78 is 11.5. The minimum atomic E-state index is -0.267. The van der Waals surface area contributed by atoms with Crippen LogP contribution in [-0.2, 0) is 16.1 Å². The van der Waals surface area contributed by atoms with E-state index in [1.807, 2.05) is 12.1 Å². The van der Waals surface area contributed by atoms with Crippen molar-refractivity contribution in [2.75, 3.05) is 20.2 Å². The van der Waals surface area contributed by atoms with Crippen LogP contribution in [0.4, 0.5) is 0 Å². The van der Waals surface area contributed by atoms with Crippen molar-refractivity contribution >= 4 is 33.2 Å². The molecule has 0 aromatic carbocycles. The molecule has 0 N–H and O–H groups in total. The van der Waals surface area contributed by atoms with Crippen molar-refractivity contribution in [1.82, 2.24) is 15.1 Å². The van der Waals surface area contributed by atoms with Crippen LogP contribution < -0.4 is 0 Å². The van der Waals surface area contributed by atoms with Gasteiger partial charge in [-0.05, 0) is 42.0 Å². The molecule has 0 bridgehead atoms. The first kappa shape index (κ1) is 15.1. The average Bonchev–Trinajstić information content (AvgIpc) is 2.98. The predicted octanol–water partition coefficient (Wildman–Crippen LogP) is 2.56. The van der Waals surface area contributed by atoms with Crippen molar-refractivity contribution in [2.24, 2.45) is 0 Å². The third kappa shape index (κ3) is 4.12. The Bertz CT molecular complexity index is 584. The molecule has 0 radical (unpaired) electrons. The van der Waals surface area contributed by atoms with Crippen molar-refractivity contribution in [3.63, 3.8) is 0 Å². The second kappa shape index (κ2) is 6.96. The van der Waals surface area contributed by atoms with Crippen LogP contribution in [0.2, 0.25) is 0 Å². The van der Waals surface area contributed by atoms with Gasteiger partial charge in [0.15, 0.2) is 0 Å². The summed E-state index contributed by atoms with van der Waals surface area (Å²) in [5.74, 6) is 0.688. The van der Waals surface area contributed by atoms with Crippen LogP contribution >= 0.6 is 27.3 Å². The SMILES string of the molecule is CCOC(=O)CN(C)Cc1nnc(-c2ccc(Br)s2)o1. The first-order valence-corrected chi connectivity index (χ1v) is 7.61. The summed E-state index contributed by atoms with van der Waals surface area (Å²) in [5, 5.41) is 7.97. The predicted molar refractivity (Wildman–Crippen MR) is 78.3 cm³/mol. The monoisotopic (exact) mass is 359 g/mol. The topological polar surface area (TPSA) is 68.5 Å². The Labute approximate surface area is 128 Å². The zero-order valence-electron chi connectivity index (χ0n) is 11.1. The number of halogens is 1. The van der Waals surface area contributed by atoms with Gasteiger partial charge in [-0.25, -0.2) is 0 Å². The van der Waals surface area contributed by atoms with Crippen LogP contribution in [0.5, 0.6) is 0 Å². The first-order chi connectivity index (χ1) is 9.58. The van der Waals surface area contributed by atoms with Gasteiger partial charge in [0.25, 0.3) is 5.89 Å². The molecule has 2 rings (SSSR count). The molecule has 20 heavy (non-hydrogen) atoms. The van der Waals surface area contributed by atoms with Gasteiger partial charge in [-0.2, -0.15) is 0 Å². The summed E-state index contributed by atoms with van der Waals surface area (Å²) in [6.45, 7) is 2.75. The van der Waals surface area contributed by atoms with Crippen LogP contribution in [0.1, 0.15) is 12.8 Å². The van der Waals surface area contributed by atoms with Crippen molar-refractivity contribution < 1.29 is 13.9 Å². The number of hydrogen-bond acceptors (Lipinski definition) is 7. The van der Waals surface area contributed by atoms with Gasteiger partial charge in [-0.3, -0.25) is 9.69 Å². The van der Waals surface area contributed by atoms with E-state index in [4.69, 9.17) is 9.15 Å². The van der Waals surface area contributed by atoms with Gasteiger partial charge in [0.05, 0.1) is 28.4 Å². The molecule has 0 saturated heterocycles. The lowest BCUT2D eigenvalue weighted by Crippen LogP contribution is -2.27. The van der Waals surface area contributed by atoms with E-state index in [0.717, 1.165) is 8.66 Å². The molecule has 0 fully saturated rings. The van der Waals surface area contributed by atoms with Crippen molar-refractivity contribution in [3.05, 3.63) is 21.8 Å². The fourth-order valence-corrected chi connectivity index (χ4v) is 2.87. The molecular weight excluding hydrogens is 346 g/mol. The summed E-state index contributed by atoms with van der Waals surface area (Å²) in [6, 6.07) is 3.84. The zero-order valence-corrected chi connectivity index (χ0v) is 13.5. The van der Waals surface area contributed by atoms with E-state index in [1.54, 1.807) is 18.9 Å². The van der Waals surface area contributed by atoms with E-state index in [1.165, 1.54) is 11.3 Å². The van der Waals surface area contributed by atoms with Gasteiger partial charge >= 0.3 is 5.97 Å². The van der Waals surface area contributed by atoms with Gasteiger partial charge in [0, 0.05) is 0 Å². The number of rotatable bonds is 6. The number of likely N-dealkylation sites (N-methyl/N-ethyl adjacent to an activating group) is 1. The third-order valence-corrected chi connectivity index (χ3v) is 3.97. The van der Waals surface area contributed by atoms with Gasteiger partial charge < -0.3 is 9.15 Å². The summed E-state index contributed by atoms with van der Waals surface area (Å²) in [6.07, 6.45) is 0. The van der Waals surface area contributed by atoms with Gasteiger partial charge in [0.1, 0.15) is 0 Å². The lowest BCUT2D eigenvalue weighted by molar-refractivity contribution is -0.144. The fourth-order valence-electron chi connectivity index (χ4n) is 1.56. The van der Waals surface area contributed by atoms with Crippen LogP contribution in [0, 0.1) is 0 Å².